The molecule has 0 heterocycles. The van der Waals surface area contributed by atoms with Crippen LogP contribution in [0.5, 0.6) is 0 Å². The summed E-state index contributed by atoms with van der Waals surface area (Å²) >= 11 is 0. The van der Waals surface area contributed by atoms with Crippen molar-refractivity contribution in [1.29, 1.82) is 0 Å². The molecule has 0 saturated carbocycles. The lowest BCUT2D eigenvalue weighted by molar-refractivity contribution is -0.139. The van der Waals surface area contributed by atoms with E-state index in [0.29, 0.717) is 25.1 Å². The van der Waals surface area contributed by atoms with Gasteiger partial charge in [0.1, 0.15) is 6.04 Å². The summed E-state index contributed by atoms with van der Waals surface area (Å²) in [6.45, 7) is 2.38. The maximum Gasteiger partial charge on any atom is 0.326 e. The van der Waals surface area contributed by atoms with Gasteiger partial charge in [0.2, 0.25) is 0 Å². The number of unbranched alkanes of at least 4 members (excludes halogenated alkanes) is 1. The number of amides is 2. The average Bonchev–Trinajstić information content (AvgIpc) is 2.40. The molecule has 2 amide bonds. The molecule has 0 aliphatic heterocycles. The number of nitrogens with one attached hydrogen (secondary N) is 2. The topological polar surface area (TPSA) is 104 Å². The summed E-state index contributed by atoms with van der Waals surface area (Å²) in [4.78, 5) is 22.9. The Morgan fingerprint density at radius 3 is 2.60 bits per heavy atom. The molecule has 6 heteroatoms. The van der Waals surface area contributed by atoms with Crippen LogP contribution in [-0.4, -0.2) is 29.7 Å². The summed E-state index contributed by atoms with van der Waals surface area (Å²) in [5.74, 6) is -1.04. The van der Waals surface area contributed by atoms with Crippen LogP contribution in [0.1, 0.15) is 24.8 Å². The number of aliphatic carboxylic acids is 1. The maximum atomic E-state index is 11.8. The number of nitrogens with two attached hydrogens (primary N) is 1. The van der Waals surface area contributed by atoms with E-state index in [9.17, 15) is 9.59 Å². The Morgan fingerprint density at radius 1 is 1.30 bits per heavy atom. The van der Waals surface area contributed by atoms with Gasteiger partial charge in [0.15, 0.2) is 0 Å². The molecule has 0 saturated heterocycles. The van der Waals surface area contributed by atoms with E-state index in [0.717, 1.165) is 12.0 Å². The molecule has 6 nitrogen and oxygen atoms in total. The molecule has 0 aromatic heterocycles. The fourth-order valence-electron chi connectivity index (χ4n) is 1.78. The van der Waals surface area contributed by atoms with Gasteiger partial charge in [0.05, 0.1) is 0 Å². The van der Waals surface area contributed by atoms with Crippen LogP contribution in [0.2, 0.25) is 0 Å². The first-order valence-corrected chi connectivity index (χ1v) is 6.60. The van der Waals surface area contributed by atoms with Crippen LogP contribution in [0, 0.1) is 6.92 Å². The van der Waals surface area contributed by atoms with Gasteiger partial charge in [-0.25, -0.2) is 9.59 Å². The van der Waals surface area contributed by atoms with Crippen molar-refractivity contribution < 1.29 is 14.7 Å². The largest absolute Gasteiger partial charge is 0.480 e. The number of carboxylic acid groups (broad SMARTS) is 1. The zero-order valence-corrected chi connectivity index (χ0v) is 11.6. The highest BCUT2D eigenvalue weighted by atomic mass is 16.4. The molecule has 0 aliphatic carbocycles. The predicted molar refractivity (Wildman–Crippen MR) is 77.7 cm³/mol. The highest BCUT2D eigenvalue weighted by Crippen LogP contribution is 2.13. The lowest BCUT2D eigenvalue weighted by atomic mass is 10.1. The number of carbonyl (C=O) groups is 2. The van der Waals surface area contributed by atoms with Gasteiger partial charge in [0.25, 0.3) is 0 Å². The Hall–Kier alpha value is -2.08. The van der Waals surface area contributed by atoms with Gasteiger partial charge >= 0.3 is 12.0 Å². The van der Waals surface area contributed by atoms with Gasteiger partial charge in [-0.05, 0) is 44.4 Å². The van der Waals surface area contributed by atoms with Crippen LogP contribution in [0.15, 0.2) is 24.3 Å². The van der Waals surface area contributed by atoms with Gasteiger partial charge in [-0.2, -0.15) is 0 Å². The number of benzene rings is 1. The number of carbonyl (C=O) groups excluding carboxylic acids is 1. The molecular weight excluding hydrogens is 258 g/mol. The second-order valence-corrected chi connectivity index (χ2v) is 4.59. The number of anilines is 1. The molecule has 5 N–H and O–H groups in total. The molecule has 0 radical (unpaired) electrons. The molecule has 0 fully saturated rings. The number of aryl methyl sites for hydroxylation is 1. The molecule has 0 unspecified atom stereocenters. The Kier molecular flexibility index (Phi) is 6.52. The molecule has 110 valence electrons. The van der Waals surface area contributed by atoms with E-state index in [4.69, 9.17) is 10.8 Å². The number of urea groups is 1. The smallest absolute Gasteiger partial charge is 0.326 e. The number of hydrogen-bond acceptors (Lipinski definition) is 3. The van der Waals surface area contributed by atoms with Crippen molar-refractivity contribution in [2.45, 2.75) is 32.2 Å². The molecule has 1 rings (SSSR count). The number of para-hydroxylation sites is 1. The molecule has 0 spiro atoms. The third kappa shape index (κ3) is 5.27. The van der Waals surface area contributed by atoms with E-state index in [1.54, 1.807) is 12.1 Å². The Morgan fingerprint density at radius 2 is 2.00 bits per heavy atom. The van der Waals surface area contributed by atoms with Crippen molar-refractivity contribution in [2.75, 3.05) is 11.9 Å². The van der Waals surface area contributed by atoms with Crippen LogP contribution in [-0.2, 0) is 4.79 Å². The summed E-state index contributed by atoms with van der Waals surface area (Å²) in [6, 6.07) is 5.89. The molecule has 1 aromatic rings. The minimum Gasteiger partial charge on any atom is -0.480 e. The van der Waals surface area contributed by atoms with Crippen molar-refractivity contribution >= 4 is 17.7 Å². The first-order valence-electron chi connectivity index (χ1n) is 6.60. The number of rotatable bonds is 7. The van der Waals surface area contributed by atoms with Gasteiger partial charge in [-0.1, -0.05) is 18.2 Å². The molecule has 0 bridgehead atoms. The summed E-state index contributed by atoms with van der Waals surface area (Å²) in [6.07, 6.45) is 1.77. The van der Waals surface area contributed by atoms with Crippen LogP contribution in [0.4, 0.5) is 10.5 Å². The van der Waals surface area contributed by atoms with Gasteiger partial charge < -0.3 is 21.5 Å². The van der Waals surface area contributed by atoms with Crippen LogP contribution >= 0.6 is 0 Å². The lowest BCUT2D eigenvalue weighted by Gasteiger charge is -2.15. The van der Waals surface area contributed by atoms with Crippen LogP contribution in [0.3, 0.4) is 0 Å². The number of carboxylic acids is 1. The molecule has 1 atom stereocenters. The van der Waals surface area contributed by atoms with E-state index in [1.165, 1.54) is 0 Å². The Labute approximate surface area is 118 Å². The van der Waals surface area contributed by atoms with Crippen LogP contribution in [0.25, 0.3) is 0 Å². The normalized spacial score (nSPS) is 11.7. The zero-order valence-electron chi connectivity index (χ0n) is 11.6. The molecule has 20 heavy (non-hydrogen) atoms. The van der Waals surface area contributed by atoms with E-state index >= 15 is 0 Å². The van der Waals surface area contributed by atoms with Gasteiger partial charge in [-0.15, -0.1) is 0 Å². The summed E-state index contributed by atoms with van der Waals surface area (Å²) in [5, 5.41) is 14.2. The Balaban J connectivity index is 2.54. The number of hydrogen-bond donors (Lipinski definition) is 4. The molecular formula is C14H21N3O3. The van der Waals surface area contributed by atoms with Crippen molar-refractivity contribution in [3.63, 3.8) is 0 Å². The molecule has 0 aliphatic rings. The summed E-state index contributed by atoms with van der Waals surface area (Å²) < 4.78 is 0. The SMILES string of the molecule is Cc1ccccc1NC(=O)N[C@@H](CCCCN)C(=O)O. The van der Waals surface area contributed by atoms with E-state index in [2.05, 4.69) is 10.6 Å². The van der Waals surface area contributed by atoms with Crippen molar-refractivity contribution in [1.82, 2.24) is 5.32 Å². The molecule has 1 aromatic carbocycles. The quantitative estimate of drug-likeness (QED) is 0.570. The van der Waals surface area contributed by atoms with Crippen molar-refractivity contribution in [2.24, 2.45) is 5.73 Å². The van der Waals surface area contributed by atoms with E-state index < -0.39 is 18.0 Å². The van der Waals surface area contributed by atoms with Gasteiger partial charge in [-0.3, -0.25) is 0 Å². The fraction of sp³-hybridized carbons (Fsp3) is 0.429. The highest BCUT2D eigenvalue weighted by molar-refractivity contribution is 5.92. The third-order valence-electron chi connectivity index (χ3n) is 2.94. The first kappa shape index (κ1) is 16.0. The van der Waals surface area contributed by atoms with Crippen molar-refractivity contribution in [3.05, 3.63) is 29.8 Å². The fourth-order valence-corrected chi connectivity index (χ4v) is 1.78. The predicted octanol–water partition coefficient (Wildman–Crippen LogP) is 1.70. The highest BCUT2D eigenvalue weighted by Gasteiger charge is 2.19. The maximum absolute atomic E-state index is 11.8. The monoisotopic (exact) mass is 279 g/mol. The Bertz CT molecular complexity index is 463. The summed E-state index contributed by atoms with van der Waals surface area (Å²) in [7, 11) is 0. The standard InChI is InChI=1S/C14H21N3O3/c1-10-6-2-3-7-11(10)16-14(20)17-12(13(18)19)8-4-5-9-15/h2-3,6-7,12H,4-5,8-9,15H2,1H3,(H,18,19)(H2,16,17,20)/t12-/m0/s1. The minimum absolute atomic E-state index is 0.369. The van der Waals surface area contributed by atoms with E-state index in [-0.39, 0.29) is 0 Å². The van der Waals surface area contributed by atoms with E-state index in [1.807, 2.05) is 19.1 Å². The van der Waals surface area contributed by atoms with Gasteiger partial charge in [0, 0.05) is 5.69 Å². The summed E-state index contributed by atoms with van der Waals surface area (Å²) in [5.41, 5.74) is 6.94. The zero-order chi connectivity index (χ0) is 15.0. The lowest BCUT2D eigenvalue weighted by Crippen LogP contribution is -2.43. The third-order valence-corrected chi connectivity index (χ3v) is 2.94. The van der Waals surface area contributed by atoms with Crippen molar-refractivity contribution in [3.8, 4) is 0 Å². The average molecular weight is 279 g/mol. The minimum atomic E-state index is -1.04. The van der Waals surface area contributed by atoms with Crippen LogP contribution < -0.4 is 16.4 Å². The second-order valence-electron chi connectivity index (χ2n) is 4.59. The second kappa shape index (κ2) is 8.16. The first-order chi connectivity index (χ1) is 9.54.